The van der Waals surface area contributed by atoms with Gasteiger partial charge in [0.2, 0.25) is 0 Å². The smallest absolute Gasteiger partial charge is 0.303 e. The largest absolute Gasteiger partial charge is 0.481 e. The normalized spacial score (nSPS) is 10.1. The molecule has 0 aromatic rings. The summed E-state index contributed by atoms with van der Waals surface area (Å²) in [6, 6.07) is 0. The van der Waals surface area contributed by atoms with Crippen LogP contribution in [0.2, 0.25) is 0 Å². The van der Waals surface area contributed by atoms with Crippen LogP contribution in [0.15, 0.2) is 12.2 Å². The van der Waals surface area contributed by atoms with E-state index in [4.69, 9.17) is 5.11 Å². The van der Waals surface area contributed by atoms with Gasteiger partial charge in [0.05, 0.1) is 0 Å². The topological polar surface area (TPSA) is 37.3 Å². The van der Waals surface area contributed by atoms with Crippen LogP contribution in [0.3, 0.4) is 0 Å². The van der Waals surface area contributed by atoms with Gasteiger partial charge in [-0.2, -0.15) is 0 Å². The number of carboxylic acid groups (broad SMARTS) is 1. The first kappa shape index (κ1) is 10.2. The summed E-state index contributed by atoms with van der Waals surface area (Å²) in [5.74, 6) is -0.245. The molecule has 0 rings (SSSR count). The van der Waals surface area contributed by atoms with Gasteiger partial charge in [0, 0.05) is 6.42 Å². The Morgan fingerprint density at radius 2 is 2.00 bits per heavy atom. The third-order valence-electron chi connectivity index (χ3n) is 1.71. The molecule has 0 aliphatic heterocycles. The van der Waals surface area contributed by atoms with Gasteiger partial charge in [-0.1, -0.05) is 26.0 Å². The third kappa shape index (κ3) is 5.64. The Morgan fingerprint density at radius 1 is 1.45 bits per heavy atom. The molecule has 2 nitrogen and oxygen atoms in total. The molecular formula is C9H16O2. The monoisotopic (exact) mass is 156 g/mol. The Bertz CT molecular complexity index is 148. The van der Waals surface area contributed by atoms with Crippen molar-refractivity contribution < 1.29 is 9.90 Å². The van der Waals surface area contributed by atoms with Crippen LogP contribution in [-0.4, -0.2) is 11.1 Å². The number of carbonyl (C=O) groups is 1. The lowest BCUT2D eigenvalue weighted by molar-refractivity contribution is -0.137. The summed E-state index contributed by atoms with van der Waals surface area (Å²) in [6.45, 7) is 8.00. The van der Waals surface area contributed by atoms with Gasteiger partial charge in [0.15, 0.2) is 0 Å². The van der Waals surface area contributed by atoms with E-state index >= 15 is 0 Å². The quantitative estimate of drug-likeness (QED) is 0.621. The van der Waals surface area contributed by atoms with E-state index in [9.17, 15) is 4.79 Å². The molecule has 0 aliphatic rings. The van der Waals surface area contributed by atoms with Gasteiger partial charge in [0.25, 0.3) is 0 Å². The lowest BCUT2D eigenvalue weighted by atomic mass is 10.00. The van der Waals surface area contributed by atoms with Gasteiger partial charge in [-0.05, 0) is 18.8 Å². The predicted octanol–water partition coefficient (Wildman–Crippen LogP) is 2.45. The zero-order valence-electron chi connectivity index (χ0n) is 7.26. The number of hydrogen-bond acceptors (Lipinski definition) is 1. The van der Waals surface area contributed by atoms with Crippen molar-refractivity contribution in [2.45, 2.75) is 33.1 Å². The molecule has 0 unspecified atom stereocenters. The number of rotatable bonds is 5. The van der Waals surface area contributed by atoms with Crippen LogP contribution in [0.25, 0.3) is 0 Å². The molecule has 0 amide bonds. The van der Waals surface area contributed by atoms with Crippen molar-refractivity contribution in [2.75, 3.05) is 0 Å². The van der Waals surface area contributed by atoms with E-state index in [2.05, 4.69) is 20.4 Å². The summed E-state index contributed by atoms with van der Waals surface area (Å²) >= 11 is 0. The molecule has 0 aromatic heterocycles. The highest BCUT2D eigenvalue weighted by molar-refractivity contribution is 5.66. The first-order valence-corrected chi connectivity index (χ1v) is 3.93. The molecule has 0 atom stereocenters. The van der Waals surface area contributed by atoms with Crippen LogP contribution in [-0.2, 0) is 4.79 Å². The second-order valence-electron chi connectivity index (χ2n) is 3.06. The van der Waals surface area contributed by atoms with Crippen LogP contribution in [0.4, 0.5) is 0 Å². The van der Waals surface area contributed by atoms with E-state index in [1.807, 2.05) is 0 Å². The molecule has 0 radical (unpaired) electrons. The third-order valence-corrected chi connectivity index (χ3v) is 1.71. The van der Waals surface area contributed by atoms with E-state index in [0.29, 0.717) is 12.3 Å². The van der Waals surface area contributed by atoms with Gasteiger partial charge >= 0.3 is 5.97 Å². The van der Waals surface area contributed by atoms with Crippen LogP contribution >= 0.6 is 0 Å². The molecule has 0 fully saturated rings. The van der Waals surface area contributed by atoms with E-state index < -0.39 is 5.97 Å². The molecule has 0 heterocycles. The Labute approximate surface area is 67.9 Å². The number of allylic oxidation sites excluding steroid dienone is 1. The SMILES string of the molecule is C=C(CCCC(=O)O)C(C)C. The number of carboxylic acids is 1. The average molecular weight is 156 g/mol. The first-order valence-electron chi connectivity index (χ1n) is 3.93. The van der Waals surface area contributed by atoms with Gasteiger partial charge < -0.3 is 5.11 Å². The predicted molar refractivity (Wildman–Crippen MR) is 45.5 cm³/mol. The highest BCUT2D eigenvalue weighted by Crippen LogP contribution is 2.13. The van der Waals surface area contributed by atoms with Gasteiger partial charge in [-0.25, -0.2) is 0 Å². The van der Waals surface area contributed by atoms with Crippen molar-refractivity contribution in [3.8, 4) is 0 Å². The minimum Gasteiger partial charge on any atom is -0.481 e. The maximum atomic E-state index is 10.1. The molecule has 0 spiro atoms. The Balaban J connectivity index is 3.39. The standard InChI is InChI=1S/C9H16O2/c1-7(2)8(3)5-4-6-9(10)11/h7H,3-6H2,1-2H3,(H,10,11). The summed E-state index contributed by atoms with van der Waals surface area (Å²) in [5, 5.41) is 8.34. The van der Waals surface area contributed by atoms with E-state index in [-0.39, 0.29) is 6.42 Å². The van der Waals surface area contributed by atoms with Crippen molar-refractivity contribution in [1.82, 2.24) is 0 Å². The minimum absolute atomic E-state index is 0.256. The summed E-state index contributed by atoms with van der Waals surface area (Å²) < 4.78 is 0. The molecule has 11 heavy (non-hydrogen) atoms. The summed E-state index contributed by atoms with van der Waals surface area (Å²) in [7, 11) is 0. The van der Waals surface area contributed by atoms with Gasteiger partial charge in [-0.15, -0.1) is 0 Å². The zero-order chi connectivity index (χ0) is 8.85. The average Bonchev–Trinajstić information content (AvgIpc) is 1.86. The number of aliphatic carboxylic acids is 1. The van der Waals surface area contributed by atoms with Crippen molar-refractivity contribution in [1.29, 1.82) is 0 Å². The molecule has 0 saturated carbocycles. The summed E-state index contributed by atoms with van der Waals surface area (Å²) in [5.41, 5.74) is 1.14. The fourth-order valence-electron chi connectivity index (χ4n) is 0.755. The maximum Gasteiger partial charge on any atom is 0.303 e. The fraction of sp³-hybridized carbons (Fsp3) is 0.667. The van der Waals surface area contributed by atoms with E-state index in [1.165, 1.54) is 0 Å². The lowest BCUT2D eigenvalue weighted by Crippen LogP contribution is -1.97. The van der Waals surface area contributed by atoms with Crippen LogP contribution in [0.1, 0.15) is 33.1 Å². The van der Waals surface area contributed by atoms with E-state index in [1.54, 1.807) is 0 Å². The van der Waals surface area contributed by atoms with Gasteiger partial charge in [-0.3, -0.25) is 4.79 Å². The molecule has 0 aliphatic carbocycles. The minimum atomic E-state index is -0.721. The second-order valence-corrected chi connectivity index (χ2v) is 3.06. The second kappa shape index (κ2) is 4.94. The highest BCUT2D eigenvalue weighted by Gasteiger charge is 2.01. The molecular weight excluding hydrogens is 140 g/mol. The Kier molecular flexibility index (Phi) is 4.59. The first-order chi connectivity index (χ1) is 5.04. The summed E-state index contributed by atoms with van der Waals surface area (Å²) in [6.07, 6.45) is 1.81. The van der Waals surface area contributed by atoms with Crippen LogP contribution < -0.4 is 0 Å². The molecule has 0 bridgehead atoms. The maximum absolute atomic E-state index is 10.1. The molecule has 0 aromatic carbocycles. The Hall–Kier alpha value is -0.790. The van der Waals surface area contributed by atoms with Crippen LogP contribution in [0.5, 0.6) is 0 Å². The Morgan fingerprint density at radius 3 is 2.36 bits per heavy atom. The molecule has 64 valence electrons. The van der Waals surface area contributed by atoms with Crippen molar-refractivity contribution in [3.63, 3.8) is 0 Å². The highest BCUT2D eigenvalue weighted by atomic mass is 16.4. The lowest BCUT2D eigenvalue weighted by Gasteiger charge is -2.07. The molecule has 1 N–H and O–H groups in total. The van der Waals surface area contributed by atoms with Gasteiger partial charge in [0.1, 0.15) is 0 Å². The van der Waals surface area contributed by atoms with E-state index in [0.717, 1.165) is 12.0 Å². The van der Waals surface area contributed by atoms with Crippen LogP contribution in [0, 0.1) is 5.92 Å². The van der Waals surface area contributed by atoms with Crippen molar-refractivity contribution >= 4 is 5.97 Å². The van der Waals surface area contributed by atoms with Crippen molar-refractivity contribution in [2.24, 2.45) is 5.92 Å². The molecule has 0 saturated heterocycles. The number of hydrogen-bond donors (Lipinski definition) is 1. The zero-order valence-corrected chi connectivity index (χ0v) is 7.26. The fourth-order valence-corrected chi connectivity index (χ4v) is 0.755. The summed E-state index contributed by atoms with van der Waals surface area (Å²) in [4.78, 5) is 10.1. The van der Waals surface area contributed by atoms with Crippen molar-refractivity contribution in [3.05, 3.63) is 12.2 Å². The molecule has 2 heteroatoms.